The summed E-state index contributed by atoms with van der Waals surface area (Å²) < 4.78 is 1.27. The molecule has 0 aliphatic carbocycles. The van der Waals surface area contributed by atoms with Gasteiger partial charge in [0.2, 0.25) is 0 Å². The molecule has 0 unspecified atom stereocenters. The van der Waals surface area contributed by atoms with E-state index in [-0.39, 0.29) is 0 Å². The lowest BCUT2D eigenvalue weighted by atomic mass is 9.84. The van der Waals surface area contributed by atoms with Gasteiger partial charge in [-0.05, 0) is 65.6 Å². The first-order valence-electron chi connectivity index (χ1n) is 5.42. The zero-order chi connectivity index (χ0) is 11.3. The van der Waals surface area contributed by atoms with Crippen molar-refractivity contribution in [3.8, 4) is 0 Å². The van der Waals surface area contributed by atoms with Crippen LogP contribution in [0.4, 0.5) is 0 Å². The predicted molar refractivity (Wildman–Crippen MR) is 72.7 cm³/mol. The van der Waals surface area contributed by atoms with Crippen LogP contribution in [0.15, 0.2) is 15.9 Å². The van der Waals surface area contributed by atoms with E-state index in [0.717, 1.165) is 6.54 Å². The third kappa shape index (κ3) is 4.66. The monoisotopic (exact) mass is 289 g/mol. The van der Waals surface area contributed by atoms with Gasteiger partial charge < -0.3 is 5.32 Å². The van der Waals surface area contributed by atoms with Crippen molar-refractivity contribution in [2.24, 2.45) is 5.41 Å². The Morgan fingerprint density at radius 3 is 2.67 bits per heavy atom. The molecule has 0 fully saturated rings. The van der Waals surface area contributed by atoms with Crippen LogP contribution in [0.1, 0.15) is 31.6 Å². The summed E-state index contributed by atoms with van der Waals surface area (Å²) in [6.07, 6.45) is 3.69. The third-order valence-electron chi connectivity index (χ3n) is 2.77. The molecule has 0 spiro atoms. The molecule has 3 heteroatoms. The fourth-order valence-corrected chi connectivity index (χ4v) is 3.10. The van der Waals surface area contributed by atoms with Crippen molar-refractivity contribution in [1.82, 2.24) is 5.32 Å². The summed E-state index contributed by atoms with van der Waals surface area (Å²) in [5.74, 6) is 0. The van der Waals surface area contributed by atoms with E-state index in [1.165, 1.54) is 28.6 Å². The second-order valence-electron chi connectivity index (χ2n) is 4.71. The molecule has 1 aromatic rings. The highest BCUT2D eigenvalue weighted by atomic mass is 79.9. The fraction of sp³-hybridized carbons (Fsp3) is 0.667. The van der Waals surface area contributed by atoms with Crippen LogP contribution in [0.5, 0.6) is 0 Å². The molecule has 1 aromatic heterocycles. The van der Waals surface area contributed by atoms with Gasteiger partial charge in [-0.3, -0.25) is 0 Å². The molecular formula is C12H20BrNS. The lowest BCUT2D eigenvalue weighted by Crippen LogP contribution is -2.20. The zero-order valence-electron chi connectivity index (χ0n) is 9.77. The summed E-state index contributed by atoms with van der Waals surface area (Å²) in [4.78, 5) is 1.48. The van der Waals surface area contributed by atoms with E-state index in [4.69, 9.17) is 0 Å². The molecule has 0 atom stereocenters. The van der Waals surface area contributed by atoms with Crippen LogP contribution in [-0.4, -0.2) is 13.6 Å². The van der Waals surface area contributed by atoms with Crippen LogP contribution in [0.3, 0.4) is 0 Å². The molecule has 0 radical (unpaired) electrons. The van der Waals surface area contributed by atoms with Crippen LogP contribution in [0.2, 0.25) is 0 Å². The van der Waals surface area contributed by atoms with Crippen molar-refractivity contribution in [3.63, 3.8) is 0 Å². The molecule has 0 saturated carbocycles. The van der Waals surface area contributed by atoms with Gasteiger partial charge in [0.25, 0.3) is 0 Å². The first-order valence-corrected chi connectivity index (χ1v) is 7.09. The molecule has 1 nitrogen and oxygen atoms in total. The normalized spacial score (nSPS) is 12.0. The molecule has 0 amide bonds. The average molecular weight is 290 g/mol. The number of aryl methyl sites for hydroxylation is 1. The molecule has 0 aromatic carbocycles. The molecule has 0 saturated heterocycles. The molecule has 1 rings (SSSR count). The van der Waals surface area contributed by atoms with Gasteiger partial charge in [0.1, 0.15) is 0 Å². The Kier molecular flexibility index (Phi) is 5.30. The van der Waals surface area contributed by atoms with E-state index in [1.54, 1.807) is 0 Å². The Bertz CT molecular complexity index is 294. The summed E-state index contributed by atoms with van der Waals surface area (Å²) in [7, 11) is 2.02. The number of halogens is 1. The predicted octanol–water partition coefficient (Wildman–Crippen LogP) is 4.08. The van der Waals surface area contributed by atoms with Gasteiger partial charge in [-0.15, -0.1) is 11.3 Å². The van der Waals surface area contributed by atoms with E-state index in [2.05, 4.69) is 46.5 Å². The van der Waals surface area contributed by atoms with Crippen molar-refractivity contribution in [1.29, 1.82) is 0 Å². The van der Waals surface area contributed by atoms with Crippen LogP contribution in [-0.2, 0) is 6.42 Å². The van der Waals surface area contributed by atoms with Crippen LogP contribution in [0, 0.1) is 5.41 Å². The van der Waals surface area contributed by atoms with Crippen molar-refractivity contribution >= 4 is 27.3 Å². The Morgan fingerprint density at radius 2 is 2.13 bits per heavy atom. The van der Waals surface area contributed by atoms with Gasteiger partial charge in [-0.1, -0.05) is 13.8 Å². The summed E-state index contributed by atoms with van der Waals surface area (Å²) >= 11 is 5.44. The molecular weight excluding hydrogens is 270 g/mol. The Morgan fingerprint density at radius 1 is 1.40 bits per heavy atom. The number of rotatable bonds is 6. The molecule has 0 aliphatic rings. The summed E-state index contributed by atoms with van der Waals surface area (Å²) in [5.41, 5.74) is 0.437. The fourth-order valence-electron chi connectivity index (χ4n) is 1.54. The van der Waals surface area contributed by atoms with Crippen LogP contribution >= 0.6 is 27.3 Å². The van der Waals surface area contributed by atoms with Gasteiger partial charge in [-0.25, -0.2) is 0 Å². The molecule has 0 aliphatic heterocycles. The number of hydrogen-bond donors (Lipinski definition) is 1. The van der Waals surface area contributed by atoms with Gasteiger partial charge >= 0.3 is 0 Å². The Hall–Kier alpha value is 0.140. The Balaban J connectivity index is 2.39. The Labute approximate surface area is 105 Å². The minimum absolute atomic E-state index is 0.437. The maximum Gasteiger partial charge on any atom is 0.0314 e. The summed E-state index contributed by atoms with van der Waals surface area (Å²) in [6, 6.07) is 2.14. The first kappa shape index (κ1) is 13.2. The number of hydrogen-bond acceptors (Lipinski definition) is 2. The summed E-state index contributed by atoms with van der Waals surface area (Å²) in [6.45, 7) is 5.82. The van der Waals surface area contributed by atoms with Crippen molar-refractivity contribution in [3.05, 3.63) is 20.8 Å². The first-order chi connectivity index (χ1) is 7.05. The van der Waals surface area contributed by atoms with E-state index >= 15 is 0 Å². The van der Waals surface area contributed by atoms with E-state index in [0.29, 0.717) is 5.41 Å². The topological polar surface area (TPSA) is 12.0 Å². The van der Waals surface area contributed by atoms with E-state index in [9.17, 15) is 0 Å². The molecule has 0 bridgehead atoms. The maximum absolute atomic E-state index is 3.58. The third-order valence-corrected chi connectivity index (χ3v) is 4.76. The maximum atomic E-state index is 3.58. The molecule has 1 heterocycles. The average Bonchev–Trinajstić information content (AvgIpc) is 2.58. The van der Waals surface area contributed by atoms with E-state index < -0.39 is 0 Å². The highest BCUT2D eigenvalue weighted by molar-refractivity contribution is 9.10. The second kappa shape index (κ2) is 6.02. The lowest BCUT2D eigenvalue weighted by molar-refractivity contribution is 0.306. The summed E-state index contributed by atoms with van der Waals surface area (Å²) in [5, 5.41) is 5.37. The largest absolute Gasteiger partial charge is 0.320 e. The van der Waals surface area contributed by atoms with Gasteiger partial charge in [0.05, 0.1) is 0 Å². The molecule has 15 heavy (non-hydrogen) atoms. The zero-order valence-corrected chi connectivity index (χ0v) is 12.2. The second-order valence-corrected chi connectivity index (χ2v) is 6.56. The minimum Gasteiger partial charge on any atom is -0.320 e. The van der Waals surface area contributed by atoms with E-state index in [1.807, 2.05) is 18.4 Å². The number of thiophene rings is 1. The van der Waals surface area contributed by atoms with Crippen molar-refractivity contribution < 1.29 is 0 Å². The van der Waals surface area contributed by atoms with Gasteiger partial charge in [-0.2, -0.15) is 0 Å². The van der Waals surface area contributed by atoms with Crippen LogP contribution < -0.4 is 5.32 Å². The highest BCUT2D eigenvalue weighted by Crippen LogP contribution is 2.30. The number of nitrogens with one attached hydrogen (secondary N) is 1. The highest BCUT2D eigenvalue weighted by Gasteiger charge is 2.17. The smallest absolute Gasteiger partial charge is 0.0314 e. The standard InChI is InChI=1S/C12H20BrNS/c1-12(2,7-8-14-3)6-4-11-10(13)5-9-15-11/h5,9,14H,4,6-8H2,1-3H3. The molecule has 86 valence electrons. The van der Waals surface area contributed by atoms with Crippen molar-refractivity contribution in [2.45, 2.75) is 33.1 Å². The SMILES string of the molecule is CNCCC(C)(C)CCc1sccc1Br. The lowest BCUT2D eigenvalue weighted by Gasteiger charge is -2.24. The molecule has 1 N–H and O–H groups in total. The quantitative estimate of drug-likeness (QED) is 0.832. The van der Waals surface area contributed by atoms with Gasteiger partial charge in [0.15, 0.2) is 0 Å². The van der Waals surface area contributed by atoms with Crippen molar-refractivity contribution in [2.75, 3.05) is 13.6 Å². The minimum atomic E-state index is 0.437. The van der Waals surface area contributed by atoms with Gasteiger partial charge in [0, 0.05) is 9.35 Å². The van der Waals surface area contributed by atoms with Crippen LogP contribution in [0.25, 0.3) is 0 Å².